The molecular weight excluding hydrogens is 361 g/mol. The quantitative estimate of drug-likeness (QED) is 0.764. The largest absolute Gasteiger partial charge is 0.337 e. The molecule has 0 aromatic heterocycles. The van der Waals surface area contributed by atoms with E-state index in [0.717, 1.165) is 24.8 Å². The van der Waals surface area contributed by atoms with E-state index in [4.69, 9.17) is 11.6 Å². The van der Waals surface area contributed by atoms with Crippen LogP contribution in [0.4, 0.5) is 0 Å². The molecule has 1 unspecified atom stereocenters. The summed E-state index contributed by atoms with van der Waals surface area (Å²) in [6, 6.07) is 7.31. The Labute approximate surface area is 153 Å². The topological polar surface area (TPSA) is 77.8 Å². The van der Waals surface area contributed by atoms with Crippen LogP contribution in [0.15, 0.2) is 24.3 Å². The average molecular weight is 386 g/mol. The summed E-state index contributed by atoms with van der Waals surface area (Å²) < 4.78 is 11.8. The van der Waals surface area contributed by atoms with Crippen LogP contribution in [0.3, 0.4) is 0 Å². The van der Waals surface area contributed by atoms with Crippen LogP contribution in [0, 0.1) is 5.41 Å². The first-order valence-electron chi connectivity index (χ1n) is 8.86. The maximum atomic E-state index is 13.0. The third-order valence-electron chi connectivity index (χ3n) is 6.28. The van der Waals surface area contributed by atoms with Crippen molar-refractivity contribution in [2.24, 2.45) is 5.41 Å². The fraction of sp³-hybridized carbons (Fsp3) is 0.611. The number of carbonyl (C=O) groups is 1. The second kappa shape index (κ2) is 6.70. The average Bonchev–Trinajstić information content (AvgIpc) is 2.90. The zero-order chi connectivity index (χ0) is 18.4. The van der Waals surface area contributed by atoms with Crippen LogP contribution in [0.25, 0.3) is 0 Å². The number of fused-ring (bicyclic) bond motifs is 1. The lowest BCUT2D eigenvalue weighted by Crippen LogP contribution is -2.51. The lowest BCUT2D eigenvalue weighted by atomic mass is 9.72. The molecule has 5 nitrogen and oxygen atoms in total. The minimum atomic E-state index is -4.45. The zero-order valence-electron chi connectivity index (χ0n) is 14.6. The van der Waals surface area contributed by atoms with Gasteiger partial charge in [0, 0.05) is 11.1 Å². The second-order valence-electron chi connectivity index (χ2n) is 7.29. The highest BCUT2D eigenvalue weighted by molar-refractivity contribution is 7.53. The van der Waals surface area contributed by atoms with E-state index in [1.54, 1.807) is 11.0 Å². The third-order valence-corrected chi connectivity index (χ3v) is 7.81. The van der Waals surface area contributed by atoms with Crippen molar-refractivity contribution in [3.63, 3.8) is 0 Å². The zero-order valence-corrected chi connectivity index (χ0v) is 16.2. The van der Waals surface area contributed by atoms with Crippen LogP contribution < -0.4 is 0 Å². The van der Waals surface area contributed by atoms with E-state index in [2.05, 4.69) is 13.8 Å². The Balaban J connectivity index is 2.06. The Morgan fingerprint density at radius 1 is 1.28 bits per heavy atom. The number of rotatable bonds is 4. The van der Waals surface area contributed by atoms with E-state index < -0.39 is 19.2 Å². The summed E-state index contributed by atoms with van der Waals surface area (Å²) in [5, 5.41) is 0.607. The number of amides is 1. The van der Waals surface area contributed by atoms with Crippen LogP contribution in [-0.4, -0.2) is 32.3 Å². The summed E-state index contributed by atoms with van der Waals surface area (Å²) in [7, 11) is -4.45. The van der Waals surface area contributed by atoms with Crippen LogP contribution in [-0.2, 0) is 9.36 Å². The van der Waals surface area contributed by atoms with Crippen LogP contribution in [0.2, 0.25) is 5.02 Å². The van der Waals surface area contributed by atoms with Crippen LogP contribution >= 0.6 is 19.2 Å². The molecule has 1 amide bonds. The monoisotopic (exact) mass is 385 g/mol. The van der Waals surface area contributed by atoms with E-state index in [1.807, 2.05) is 18.2 Å². The third kappa shape index (κ3) is 3.16. The highest BCUT2D eigenvalue weighted by atomic mass is 35.5. The summed E-state index contributed by atoms with van der Waals surface area (Å²) in [6.07, 6.45) is 3.59. The van der Waals surface area contributed by atoms with Gasteiger partial charge in [0.15, 0.2) is 0 Å². The maximum absolute atomic E-state index is 13.0. The lowest BCUT2D eigenvalue weighted by molar-refractivity contribution is -0.138. The molecule has 0 radical (unpaired) electrons. The first kappa shape index (κ1) is 18.9. The predicted octanol–water partition coefficient (Wildman–Crippen LogP) is 4.13. The number of hydrogen-bond donors (Lipinski definition) is 2. The molecule has 0 spiro atoms. The molecule has 3 atom stereocenters. The summed E-state index contributed by atoms with van der Waals surface area (Å²) in [6.45, 7) is 4.28. The van der Waals surface area contributed by atoms with Gasteiger partial charge in [0.1, 0.15) is 5.66 Å². The van der Waals surface area contributed by atoms with E-state index in [0.29, 0.717) is 11.4 Å². The number of benzene rings is 1. The van der Waals surface area contributed by atoms with E-state index >= 15 is 0 Å². The SMILES string of the molecule is CCC1(CC)C[C@@H](c2cccc(Cl)c2)N2C(=O)C(P(=O)(O)O)CC[C@@H]21. The number of nitrogens with zero attached hydrogens (tertiary/aromatic N) is 1. The van der Waals surface area contributed by atoms with Gasteiger partial charge in [-0.2, -0.15) is 0 Å². The standard InChI is InChI=1S/C18H25ClNO4P/c1-3-18(4-2)11-14(12-6-5-7-13(19)10-12)20-16(18)9-8-15(17(20)21)25(22,23)24/h5-7,10,14-16H,3-4,8-9,11H2,1-2H3,(H2,22,23,24)/t14-,15?,16+/m0/s1. The molecule has 2 N–H and O–H groups in total. The second-order valence-corrected chi connectivity index (χ2v) is 9.53. The Bertz CT molecular complexity index is 715. The van der Waals surface area contributed by atoms with Crippen molar-refractivity contribution >= 4 is 25.1 Å². The molecule has 1 aromatic rings. The molecule has 0 saturated carbocycles. The van der Waals surface area contributed by atoms with Gasteiger partial charge in [0.25, 0.3) is 0 Å². The smallest absolute Gasteiger partial charge is 0.331 e. The summed E-state index contributed by atoms with van der Waals surface area (Å²) in [4.78, 5) is 34.1. The molecule has 25 heavy (non-hydrogen) atoms. The van der Waals surface area contributed by atoms with Gasteiger partial charge in [0.2, 0.25) is 5.91 Å². The van der Waals surface area contributed by atoms with Gasteiger partial charge in [0.05, 0.1) is 6.04 Å². The molecule has 2 saturated heterocycles. The highest BCUT2D eigenvalue weighted by Crippen LogP contribution is 2.58. The predicted molar refractivity (Wildman–Crippen MR) is 97.5 cm³/mol. The number of halogens is 1. The van der Waals surface area contributed by atoms with Crippen LogP contribution in [0.1, 0.15) is 57.6 Å². The minimum absolute atomic E-state index is 0.0114. The number of carbonyl (C=O) groups excluding carboxylic acids is 1. The first-order valence-corrected chi connectivity index (χ1v) is 10.9. The van der Waals surface area contributed by atoms with E-state index in [9.17, 15) is 19.1 Å². The molecule has 2 aliphatic rings. The molecule has 138 valence electrons. The lowest BCUT2D eigenvalue weighted by Gasteiger charge is -2.43. The highest BCUT2D eigenvalue weighted by Gasteiger charge is 2.57. The fourth-order valence-electron chi connectivity index (χ4n) is 4.81. The summed E-state index contributed by atoms with van der Waals surface area (Å²) >= 11 is 6.15. The molecular formula is C18H25ClNO4P. The molecule has 0 aliphatic carbocycles. The number of hydrogen-bond acceptors (Lipinski definition) is 2. The molecule has 2 heterocycles. The van der Waals surface area contributed by atoms with Crippen molar-refractivity contribution < 1.29 is 19.1 Å². The van der Waals surface area contributed by atoms with Gasteiger partial charge in [-0.25, -0.2) is 0 Å². The van der Waals surface area contributed by atoms with E-state index in [-0.39, 0.29) is 23.9 Å². The first-order chi connectivity index (χ1) is 11.7. The molecule has 0 bridgehead atoms. The van der Waals surface area contributed by atoms with Crippen molar-refractivity contribution in [3.05, 3.63) is 34.9 Å². The normalized spacial score (nSPS) is 28.9. The molecule has 2 aliphatic heterocycles. The summed E-state index contributed by atoms with van der Waals surface area (Å²) in [5.74, 6) is -0.404. The Kier molecular flexibility index (Phi) is 5.06. The molecule has 2 fully saturated rings. The van der Waals surface area contributed by atoms with Crippen molar-refractivity contribution in [3.8, 4) is 0 Å². The van der Waals surface area contributed by atoms with Gasteiger partial charge in [-0.15, -0.1) is 0 Å². The van der Waals surface area contributed by atoms with Crippen molar-refractivity contribution in [2.75, 3.05) is 0 Å². The molecule has 3 rings (SSSR count). The van der Waals surface area contributed by atoms with Gasteiger partial charge >= 0.3 is 7.60 Å². The van der Waals surface area contributed by atoms with Crippen molar-refractivity contribution in [1.29, 1.82) is 0 Å². The molecule has 7 heteroatoms. The van der Waals surface area contributed by atoms with Crippen molar-refractivity contribution in [1.82, 2.24) is 4.90 Å². The Hall–Kier alpha value is -0.870. The van der Waals surface area contributed by atoms with Gasteiger partial charge < -0.3 is 14.7 Å². The van der Waals surface area contributed by atoms with Gasteiger partial charge in [-0.1, -0.05) is 37.6 Å². The minimum Gasteiger partial charge on any atom is -0.331 e. The Morgan fingerprint density at radius 3 is 2.52 bits per heavy atom. The molecule has 1 aromatic carbocycles. The van der Waals surface area contributed by atoms with Gasteiger partial charge in [-0.3, -0.25) is 9.36 Å². The van der Waals surface area contributed by atoms with Gasteiger partial charge in [-0.05, 0) is 55.2 Å². The Morgan fingerprint density at radius 2 is 1.96 bits per heavy atom. The van der Waals surface area contributed by atoms with Crippen molar-refractivity contribution in [2.45, 2.75) is 63.7 Å². The summed E-state index contributed by atoms with van der Waals surface area (Å²) in [5.41, 5.74) is -0.279. The van der Waals surface area contributed by atoms with E-state index in [1.165, 1.54) is 0 Å². The fourth-order valence-corrected chi connectivity index (χ4v) is 5.91. The maximum Gasteiger partial charge on any atom is 0.337 e. The number of piperidine rings is 1. The van der Waals surface area contributed by atoms with Crippen LogP contribution in [0.5, 0.6) is 0 Å².